The lowest BCUT2D eigenvalue weighted by atomic mass is 10.1. The fraction of sp³-hybridized carbons (Fsp3) is 0.286. The van der Waals surface area contributed by atoms with Crippen LogP contribution < -0.4 is 11.3 Å². The molecule has 0 fully saturated rings. The van der Waals surface area contributed by atoms with Crippen LogP contribution in [0.5, 0.6) is 0 Å². The number of nitrogen functional groups attached to an aromatic ring is 1. The molecule has 0 saturated heterocycles. The summed E-state index contributed by atoms with van der Waals surface area (Å²) in [5, 5.41) is 5.33. The van der Waals surface area contributed by atoms with Crippen LogP contribution in [0.15, 0.2) is 29.1 Å². The minimum absolute atomic E-state index is 0.000174. The summed E-state index contributed by atoms with van der Waals surface area (Å²) in [6.07, 6.45) is 0.449. The zero-order chi connectivity index (χ0) is 14.9. The van der Waals surface area contributed by atoms with E-state index in [1.54, 1.807) is 18.2 Å². The Labute approximate surface area is 127 Å². The van der Waals surface area contributed by atoms with E-state index in [9.17, 15) is 4.79 Å². The molecular weight excluding hydrogens is 297 g/mol. The molecule has 0 aliphatic rings. The number of benzene rings is 1. The summed E-state index contributed by atoms with van der Waals surface area (Å²) in [5.41, 5.74) is 7.55. The molecule has 0 bridgehead atoms. The number of hydrogen-bond donors (Lipinski definition) is 1. The van der Waals surface area contributed by atoms with Crippen LogP contribution in [0.1, 0.15) is 31.1 Å². The zero-order valence-corrected chi connectivity index (χ0v) is 12.7. The Kier molecular flexibility index (Phi) is 4.35. The van der Waals surface area contributed by atoms with Gasteiger partial charge in [0.1, 0.15) is 0 Å². The second kappa shape index (κ2) is 5.85. The highest BCUT2D eigenvalue weighted by molar-refractivity contribution is 6.36. The molecule has 1 aromatic carbocycles. The van der Waals surface area contributed by atoms with E-state index in [4.69, 9.17) is 28.9 Å². The van der Waals surface area contributed by atoms with Crippen molar-refractivity contribution in [2.45, 2.75) is 26.3 Å². The summed E-state index contributed by atoms with van der Waals surface area (Å²) >= 11 is 12.3. The fourth-order valence-corrected chi connectivity index (χ4v) is 2.54. The third-order valence-electron chi connectivity index (χ3n) is 2.89. The van der Waals surface area contributed by atoms with Crippen molar-refractivity contribution in [3.05, 3.63) is 55.9 Å². The highest BCUT2D eigenvalue weighted by Crippen LogP contribution is 2.29. The second-order valence-electron chi connectivity index (χ2n) is 4.84. The van der Waals surface area contributed by atoms with Crippen LogP contribution in [-0.2, 0) is 6.42 Å². The quantitative estimate of drug-likeness (QED) is 0.885. The number of aromatic nitrogens is 2. The van der Waals surface area contributed by atoms with Crippen molar-refractivity contribution in [1.82, 2.24) is 9.78 Å². The number of rotatable bonds is 3. The van der Waals surface area contributed by atoms with Gasteiger partial charge in [-0.1, -0.05) is 23.2 Å². The van der Waals surface area contributed by atoms with Crippen molar-refractivity contribution in [2.24, 2.45) is 0 Å². The molecule has 106 valence electrons. The molecule has 4 nitrogen and oxygen atoms in total. The fourth-order valence-electron chi connectivity index (χ4n) is 1.90. The monoisotopic (exact) mass is 311 g/mol. The standard InChI is InChI=1S/C14H15Cl2N3O/c1-8(2)19-14(20)4-3-10(18-19)7-11-12(15)5-9(17)6-13(11)16/h3-6,8H,7,17H2,1-2H3. The predicted molar refractivity (Wildman–Crippen MR) is 82.6 cm³/mol. The van der Waals surface area contributed by atoms with Gasteiger partial charge in [0.25, 0.3) is 5.56 Å². The highest BCUT2D eigenvalue weighted by atomic mass is 35.5. The molecule has 0 aliphatic heterocycles. The highest BCUT2D eigenvalue weighted by Gasteiger charge is 2.11. The van der Waals surface area contributed by atoms with Gasteiger partial charge in [0, 0.05) is 28.2 Å². The summed E-state index contributed by atoms with van der Waals surface area (Å²) in [7, 11) is 0. The Bertz CT molecular complexity index is 672. The van der Waals surface area contributed by atoms with Crippen LogP contribution in [0.4, 0.5) is 5.69 Å². The van der Waals surface area contributed by atoms with Crippen molar-refractivity contribution in [1.29, 1.82) is 0 Å². The maximum Gasteiger partial charge on any atom is 0.266 e. The Hall–Kier alpha value is -1.52. The van der Waals surface area contributed by atoms with Gasteiger partial charge in [-0.25, -0.2) is 4.68 Å². The molecule has 0 unspecified atom stereocenters. The Morgan fingerprint density at radius 2 is 1.85 bits per heavy atom. The van der Waals surface area contributed by atoms with E-state index >= 15 is 0 Å². The molecule has 2 aromatic rings. The van der Waals surface area contributed by atoms with Crippen LogP contribution in [0, 0.1) is 0 Å². The minimum Gasteiger partial charge on any atom is -0.399 e. The Morgan fingerprint density at radius 3 is 2.40 bits per heavy atom. The van der Waals surface area contributed by atoms with E-state index in [1.807, 2.05) is 13.8 Å². The summed E-state index contributed by atoms with van der Waals surface area (Å²) in [6.45, 7) is 3.81. The van der Waals surface area contributed by atoms with Crippen molar-refractivity contribution < 1.29 is 0 Å². The largest absolute Gasteiger partial charge is 0.399 e. The molecule has 0 spiro atoms. The first kappa shape index (κ1) is 14.9. The topological polar surface area (TPSA) is 60.9 Å². The maximum atomic E-state index is 11.7. The average Bonchev–Trinajstić information content (AvgIpc) is 2.35. The van der Waals surface area contributed by atoms with Crippen molar-refractivity contribution >= 4 is 28.9 Å². The Balaban J connectivity index is 2.41. The van der Waals surface area contributed by atoms with Gasteiger partial charge in [-0.3, -0.25) is 4.79 Å². The van der Waals surface area contributed by atoms with Crippen molar-refractivity contribution in [3.63, 3.8) is 0 Å². The molecular formula is C14H15Cl2N3O. The third-order valence-corrected chi connectivity index (χ3v) is 3.57. The first-order chi connectivity index (χ1) is 9.38. The number of halogens is 2. The molecule has 0 saturated carbocycles. The lowest BCUT2D eigenvalue weighted by Crippen LogP contribution is -2.24. The van der Waals surface area contributed by atoms with Gasteiger partial charge >= 0.3 is 0 Å². The van der Waals surface area contributed by atoms with E-state index in [0.29, 0.717) is 22.2 Å². The average molecular weight is 312 g/mol. The smallest absolute Gasteiger partial charge is 0.266 e. The predicted octanol–water partition coefficient (Wildman–Crippen LogP) is 3.30. The van der Waals surface area contributed by atoms with E-state index in [0.717, 1.165) is 11.3 Å². The molecule has 1 aromatic heterocycles. The molecule has 0 aliphatic carbocycles. The van der Waals surface area contributed by atoms with Crippen LogP contribution in [0.25, 0.3) is 0 Å². The molecule has 1 heterocycles. The first-order valence-corrected chi connectivity index (χ1v) is 6.96. The van der Waals surface area contributed by atoms with Gasteiger partial charge in [-0.15, -0.1) is 0 Å². The summed E-state index contributed by atoms with van der Waals surface area (Å²) in [5.74, 6) is 0. The van der Waals surface area contributed by atoms with E-state index < -0.39 is 0 Å². The zero-order valence-electron chi connectivity index (χ0n) is 11.2. The first-order valence-electron chi connectivity index (χ1n) is 6.20. The van der Waals surface area contributed by atoms with Gasteiger partial charge in [0.15, 0.2) is 0 Å². The van der Waals surface area contributed by atoms with Gasteiger partial charge < -0.3 is 5.73 Å². The van der Waals surface area contributed by atoms with Gasteiger partial charge in [-0.05, 0) is 37.6 Å². The lowest BCUT2D eigenvalue weighted by molar-refractivity contribution is 0.495. The molecule has 2 N–H and O–H groups in total. The molecule has 20 heavy (non-hydrogen) atoms. The molecule has 0 radical (unpaired) electrons. The SMILES string of the molecule is CC(C)n1nc(Cc2c(Cl)cc(N)cc2Cl)ccc1=O. The van der Waals surface area contributed by atoms with E-state index in [-0.39, 0.29) is 11.6 Å². The van der Waals surface area contributed by atoms with Crippen molar-refractivity contribution in [2.75, 3.05) is 5.73 Å². The molecule has 2 rings (SSSR count). The van der Waals surface area contributed by atoms with Crippen LogP contribution in [-0.4, -0.2) is 9.78 Å². The van der Waals surface area contributed by atoms with E-state index in [2.05, 4.69) is 5.10 Å². The molecule has 0 atom stereocenters. The van der Waals surface area contributed by atoms with Crippen LogP contribution in [0.3, 0.4) is 0 Å². The Morgan fingerprint density at radius 1 is 1.25 bits per heavy atom. The van der Waals surface area contributed by atoms with Gasteiger partial charge in [-0.2, -0.15) is 5.10 Å². The second-order valence-corrected chi connectivity index (χ2v) is 5.66. The third kappa shape index (κ3) is 3.14. The lowest BCUT2D eigenvalue weighted by Gasteiger charge is -2.11. The summed E-state index contributed by atoms with van der Waals surface area (Å²) < 4.78 is 1.44. The van der Waals surface area contributed by atoms with Gasteiger partial charge in [0.05, 0.1) is 11.7 Å². The number of nitrogens with two attached hydrogens (primary N) is 1. The number of hydrogen-bond acceptors (Lipinski definition) is 3. The summed E-state index contributed by atoms with van der Waals surface area (Å²) in [4.78, 5) is 11.7. The van der Waals surface area contributed by atoms with Gasteiger partial charge in [0.2, 0.25) is 0 Å². The maximum absolute atomic E-state index is 11.7. The molecule has 0 amide bonds. The number of anilines is 1. The normalized spacial score (nSPS) is 11.1. The van der Waals surface area contributed by atoms with Crippen LogP contribution in [0.2, 0.25) is 10.0 Å². The van der Waals surface area contributed by atoms with Crippen LogP contribution >= 0.6 is 23.2 Å². The molecule has 6 heteroatoms. The van der Waals surface area contributed by atoms with E-state index in [1.165, 1.54) is 10.7 Å². The van der Waals surface area contributed by atoms with Crippen molar-refractivity contribution in [3.8, 4) is 0 Å². The summed E-state index contributed by atoms with van der Waals surface area (Å²) in [6, 6.07) is 6.49. The minimum atomic E-state index is -0.127. The number of nitrogens with zero attached hydrogens (tertiary/aromatic N) is 2.